The van der Waals surface area contributed by atoms with Crippen LogP contribution >= 0.6 is 0 Å². The lowest BCUT2D eigenvalue weighted by Gasteiger charge is -2.13. The molecule has 0 radical (unpaired) electrons. The minimum absolute atomic E-state index is 0.00756. The number of rotatable bonds is 6. The first-order valence-electron chi connectivity index (χ1n) is 5.79. The van der Waals surface area contributed by atoms with Crippen LogP contribution < -0.4 is 15.8 Å². The lowest BCUT2D eigenvalue weighted by molar-refractivity contribution is 0.262. The van der Waals surface area contributed by atoms with E-state index in [1.165, 1.54) is 11.1 Å². The number of aryl methyl sites for hydroxylation is 2. The van der Waals surface area contributed by atoms with Crippen LogP contribution in [-0.2, 0) is 6.54 Å². The Labute approximate surface area is 103 Å². The summed E-state index contributed by atoms with van der Waals surface area (Å²) in [6.45, 7) is 5.46. The van der Waals surface area contributed by atoms with Crippen molar-refractivity contribution in [1.29, 1.82) is 0 Å². The Morgan fingerprint density at radius 3 is 2.65 bits per heavy atom. The van der Waals surface area contributed by atoms with Gasteiger partial charge in [0, 0.05) is 19.1 Å². The highest BCUT2D eigenvalue weighted by Crippen LogP contribution is 2.22. The number of hydrogen-bond donors (Lipinski definition) is 3. The van der Waals surface area contributed by atoms with Gasteiger partial charge in [-0.1, -0.05) is 6.07 Å². The van der Waals surface area contributed by atoms with E-state index >= 15 is 0 Å². The van der Waals surface area contributed by atoms with Gasteiger partial charge in [-0.2, -0.15) is 0 Å². The van der Waals surface area contributed by atoms with Crippen LogP contribution in [0.2, 0.25) is 0 Å². The van der Waals surface area contributed by atoms with Gasteiger partial charge in [-0.3, -0.25) is 0 Å². The Morgan fingerprint density at radius 2 is 2.06 bits per heavy atom. The molecule has 0 saturated carbocycles. The predicted octanol–water partition coefficient (Wildman–Crippen LogP) is 0.721. The molecular weight excluding hydrogens is 216 g/mol. The Kier molecular flexibility index (Phi) is 5.41. The van der Waals surface area contributed by atoms with Crippen molar-refractivity contribution in [2.24, 2.45) is 5.73 Å². The molecule has 0 amide bonds. The third kappa shape index (κ3) is 4.00. The van der Waals surface area contributed by atoms with Crippen LogP contribution in [0.3, 0.4) is 0 Å². The number of nitrogens with two attached hydrogens (primary N) is 1. The van der Waals surface area contributed by atoms with Gasteiger partial charge in [0.05, 0.1) is 13.7 Å². The molecule has 17 heavy (non-hydrogen) atoms. The second-order valence-electron chi connectivity index (χ2n) is 4.32. The van der Waals surface area contributed by atoms with Crippen molar-refractivity contribution in [2.45, 2.75) is 26.4 Å². The molecule has 0 aliphatic carbocycles. The van der Waals surface area contributed by atoms with Gasteiger partial charge in [-0.15, -0.1) is 0 Å². The van der Waals surface area contributed by atoms with Crippen molar-refractivity contribution < 1.29 is 9.84 Å². The number of ether oxygens (including phenoxy) is 1. The van der Waals surface area contributed by atoms with Gasteiger partial charge in [-0.05, 0) is 36.6 Å². The highest BCUT2D eigenvalue weighted by molar-refractivity contribution is 5.41. The summed E-state index contributed by atoms with van der Waals surface area (Å²) in [6, 6.07) is 3.96. The molecular formula is C13H22N2O2. The molecule has 4 N–H and O–H groups in total. The molecule has 0 saturated heterocycles. The Morgan fingerprint density at radius 1 is 1.35 bits per heavy atom. The van der Waals surface area contributed by atoms with Crippen LogP contribution in [0, 0.1) is 13.8 Å². The van der Waals surface area contributed by atoms with E-state index in [1.54, 1.807) is 7.11 Å². The van der Waals surface area contributed by atoms with Gasteiger partial charge >= 0.3 is 0 Å². The third-order valence-corrected chi connectivity index (χ3v) is 2.81. The normalized spacial score (nSPS) is 12.5. The second kappa shape index (κ2) is 6.59. The van der Waals surface area contributed by atoms with Crippen molar-refractivity contribution in [3.8, 4) is 5.75 Å². The molecule has 1 unspecified atom stereocenters. The molecule has 0 spiro atoms. The smallest absolute Gasteiger partial charge is 0.122 e. The lowest BCUT2D eigenvalue weighted by Crippen LogP contribution is -2.36. The lowest BCUT2D eigenvalue weighted by atomic mass is 10.0. The van der Waals surface area contributed by atoms with Crippen LogP contribution in [0.5, 0.6) is 5.75 Å². The zero-order chi connectivity index (χ0) is 12.8. The van der Waals surface area contributed by atoms with E-state index in [2.05, 4.69) is 18.3 Å². The summed E-state index contributed by atoms with van der Waals surface area (Å²) in [5, 5.41) is 12.0. The van der Waals surface area contributed by atoms with Crippen LogP contribution in [0.4, 0.5) is 0 Å². The fourth-order valence-corrected chi connectivity index (χ4v) is 1.72. The summed E-state index contributed by atoms with van der Waals surface area (Å²) in [5.41, 5.74) is 9.17. The van der Waals surface area contributed by atoms with Crippen LogP contribution in [0.25, 0.3) is 0 Å². The van der Waals surface area contributed by atoms with Crippen LogP contribution in [0.1, 0.15) is 16.7 Å². The molecule has 0 aliphatic rings. The van der Waals surface area contributed by atoms with Crippen molar-refractivity contribution in [2.75, 3.05) is 20.3 Å². The number of methoxy groups -OCH3 is 1. The molecule has 1 atom stereocenters. The Balaban J connectivity index is 2.62. The zero-order valence-corrected chi connectivity index (χ0v) is 10.8. The minimum atomic E-state index is -0.199. The minimum Gasteiger partial charge on any atom is -0.496 e. The average Bonchev–Trinajstić information content (AvgIpc) is 2.32. The maximum Gasteiger partial charge on any atom is 0.122 e. The first-order chi connectivity index (χ1) is 8.08. The molecule has 1 rings (SSSR count). The molecule has 0 bridgehead atoms. The van der Waals surface area contributed by atoms with E-state index in [1.807, 2.05) is 13.0 Å². The number of hydrogen-bond acceptors (Lipinski definition) is 4. The Bertz CT molecular complexity index is 367. The molecule has 0 fully saturated rings. The van der Waals surface area contributed by atoms with E-state index < -0.39 is 0 Å². The van der Waals surface area contributed by atoms with Crippen molar-refractivity contribution >= 4 is 0 Å². The number of aliphatic hydroxyl groups is 1. The number of nitrogens with one attached hydrogen (secondary N) is 1. The van der Waals surface area contributed by atoms with E-state index in [0.717, 1.165) is 17.9 Å². The molecule has 4 nitrogen and oxygen atoms in total. The number of benzene rings is 1. The van der Waals surface area contributed by atoms with Gasteiger partial charge in [0.25, 0.3) is 0 Å². The highest BCUT2D eigenvalue weighted by Gasteiger charge is 2.05. The van der Waals surface area contributed by atoms with E-state index in [0.29, 0.717) is 6.54 Å². The van der Waals surface area contributed by atoms with Gasteiger partial charge < -0.3 is 20.9 Å². The fourth-order valence-electron chi connectivity index (χ4n) is 1.72. The van der Waals surface area contributed by atoms with Crippen LogP contribution in [-0.4, -0.2) is 31.4 Å². The quantitative estimate of drug-likeness (QED) is 0.683. The van der Waals surface area contributed by atoms with Gasteiger partial charge in [0.1, 0.15) is 5.75 Å². The standard InChI is InChI=1S/C13H22N2O2/c1-9-5-13(17-3)10(2)4-11(9)6-15-7-12(14)8-16/h4-5,12,15-16H,6-8,14H2,1-3H3. The maximum atomic E-state index is 8.82. The summed E-state index contributed by atoms with van der Waals surface area (Å²) in [6.07, 6.45) is 0. The van der Waals surface area contributed by atoms with Gasteiger partial charge in [0.15, 0.2) is 0 Å². The summed E-state index contributed by atoms with van der Waals surface area (Å²) in [5.74, 6) is 0.915. The highest BCUT2D eigenvalue weighted by atomic mass is 16.5. The fraction of sp³-hybridized carbons (Fsp3) is 0.538. The number of aliphatic hydroxyl groups excluding tert-OH is 1. The largest absolute Gasteiger partial charge is 0.496 e. The second-order valence-corrected chi connectivity index (χ2v) is 4.32. The van der Waals surface area contributed by atoms with Gasteiger partial charge in [0.2, 0.25) is 0 Å². The summed E-state index contributed by atoms with van der Waals surface area (Å²) < 4.78 is 5.27. The Hall–Kier alpha value is -1.10. The van der Waals surface area contributed by atoms with E-state index in [4.69, 9.17) is 15.6 Å². The molecule has 1 aromatic rings. The maximum absolute atomic E-state index is 8.82. The van der Waals surface area contributed by atoms with Crippen LogP contribution in [0.15, 0.2) is 12.1 Å². The topological polar surface area (TPSA) is 67.5 Å². The first-order valence-corrected chi connectivity index (χ1v) is 5.79. The van der Waals surface area contributed by atoms with Crippen molar-refractivity contribution in [3.63, 3.8) is 0 Å². The van der Waals surface area contributed by atoms with E-state index in [-0.39, 0.29) is 12.6 Å². The molecule has 96 valence electrons. The first kappa shape index (κ1) is 14.0. The third-order valence-electron chi connectivity index (χ3n) is 2.81. The predicted molar refractivity (Wildman–Crippen MR) is 69.2 cm³/mol. The summed E-state index contributed by atoms with van der Waals surface area (Å²) >= 11 is 0. The SMILES string of the molecule is COc1cc(C)c(CNCC(N)CO)cc1C. The summed E-state index contributed by atoms with van der Waals surface area (Å²) in [4.78, 5) is 0. The van der Waals surface area contributed by atoms with Crippen molar-refractivity contribution in [1.82, 2.24) is 5.32 Å². The molecule has 0 aromatic heterocycles. The average molecular weight is 238 g/mol. The van der Waals surface area contributed by atoms with Gasteiger partial charge in [-0.25, -0.2) is 0 Å². The molecule has 0 aliphatic heterocycles. The molecule has 4 heteroatoms. The monoisotopic (exact) mass is 238 g/mol. The van der Waals surface area contributed by atoms with E-state index in [9.17, 15) is 0 Å². The molecule has 1 aromatic carbocycles. The molecule has 0 heterocycles. The summed E-state index contributed by atoms with van der Waals surface area (Å²) in [7, 11) is 1.68. The van der Waals surface area contributed by atoms with Crippen molar-refractivity contribution in [3.05, 3.63) is 28.8 Å². The zero-order valence-electron chi connectivity index (χ0n) is 10.8.